The summed E-state index contributed by atoms with van der Waals surface area (Å²) in [6.07, 6.45) is 6.58. The fourth-order valence-electron chi connectivity index (χ4n) is 5.21. The molecule has 0 aromatic carbocycles. The molecule has 1 aliphatic heterocycles. The molecule has 1 unspecified atom stereocenters. The molecular formula is C21H28N4O4. The van der Waals surface area contributed by atoms with Crippen molar-refractivity contribution in [2.24, 2.45) is 17.1 Å². The molecule has 2 saturated carbocycles. The Morgan fingerprint density at radius 2 is 2.00 bits per heavy atom. The van der Waals surface area contributed by atoms with Crippen molar-refractivity contribution in [3.05, 3.63) is 23.9 Å². The van der Waals surface area contributed by atoms with Crippen molar-refractivity contribution in [3.63, 3.8) is 0 Å². The highest BCUT2D eigenvalue weighted by Crippen LogP contribution is 2.58. The third kappa shape index (κ3) is 3.34. The van der Waals surface area contributed by atoms with Gasteiger partial charge in [-0.25, -0.2) is 9.78 Å². The van der Waals surface area contributed by atoms with E-state index < -0.39 is 5.91 Å². The van der Waals surface area contributed by atoms with Gasteiger partial charge < -0.3 is 15.8 Å². The number of urea groups is 1. The Bertz CT molecular complexity index is 824. The minimum absolute atomic E-state index is 0.0237. The molecule has 0 bridgehead atoms. The Balaban J connectivity index is 1.32. The van der Waals surface area contributed by atoms with Crippen LogP contribution >= 0.6 is 0 Å². The summed E-state index contributed by atoms with van der Waals surface area (Å²) in [5, 5.41) is 2.89. The van der Waals surface area contributed by atoms with E-state index in [-0.39, 0.29) is 52.9 Å². The van der Waals surface area contributed by atoms with Gasteiger partial charge in [-0.2, -0.15) is 0 Å². The van der Waals surface area contributed by atoms with E-state index in [1.807, 2.05) is 13.8 Å². The summed E-state index contributed by atoms with van der Waals surface area (Å²) in [5.41, 5.74) is 5.77. The minimum Gasteiger partial charge on any atom is -0.474 e. The lowest BCUT2D eigenvalue weighted by Gasteiger charge is -2.58. The van der Waals surface area contributed by atoms with E-state index in [0.29, 0.717) is 0 Å². The molecule has 2 heterocycles. The molecule has 1 saturated heterocycles. The van der Waals surface area contributed by atoms with Crippen molar-refractivity contribution in [1.29, 1.82) is 0 Å². The van der Waals surface area contributed by atoms with Crippen LogP contribution in [0, 0.1) is 11.3 Å². The topological polar surface area (TPSA) is 115 Å². The number of pyridine rings is 1. The number of nitrogens with zero attached hydrogens (tertiary/aromatic N) is 2. The molecule has 2 aliphatic carbocycles. The van der Waals surface area contributed by atoms with Crippen LogP contribution in [0.15, 0.2) is 18.3 Å². The second kappa shape index (κ2) is 7.31. The normalized spacial score (nSPS) is 30.9. The molecule has 1 atom stereocenters. The van der Waals surface area contributed by atoms with Gasteiger partial charge in [-0.3, -0.25) is 14.5 Å². The summed E-state index contributed by atoms with van der Waals surface area (Å²) in [6, 6.07) is 2.59. The summed E-state index contributed by atoms with van der Waals surface area (Å²) >= 11 is 0. The van der Waals surface area contributed by atoms with E-state index in [2.05, 4.69) is 10.3 Å². The number of carbonyl (C=O) groups is 3. The first-order valence-electron chi connectivity index (χ1n) is 10.4. The highest BCUT2D eigenvalue weighted by atomic mass is 16.5. The van der Waals surface area contributed by atoms with Gasteiger partial charge in [0.2, 0.25) is 5.88 Å². The third-order valence-corrected chi connectivity index (χ3v) is 6.86. The van der Waals surface area contributed by atoms with Crippen molar-refractivity contribution < 1.29 is 19.1 Å². The van der Waals surface area contributed by atoms with Crippen LogP contribution < -0.4 is 15.8 Å². The Labute approximate surface area is 170 Å². The van der Waals surface area contributed by atoms with E-state index >= 15 is 0 Å². The zero-order chi connectivity index (χ0) is 20.8. The standard InChI is InChI=1S/C21H28N4O4/c1-3-12(4-2)16-19(27)25(20(28)24-16)13-8-21(9-13)10-14(11-21)29-18-15(17(22)26)6-5-7-23-18/h5-7,12-14,16H,3-4,8-11H2,1-2H3,(H2,22,26)(H,24,28). The summed E-state index contributed by atoms with van der Waals surface area (Å²) in [5.74, 6) is -0.172. The number of aromatic nitrogens is 1. The van der Waals surface area contributed by atoms with E-state index in [9.17, 15) is 14.4 Å². The first-order chi connectivity index (χ1) is 13.9. The van der Waals surface area contributed by atoms with Crippen LogP contribution in [0.25, 0.3) is 0 Å². The van der Waals surface area contributed by atoms with E-state index in [0.717, 1.165) is 38.5 Å². The van der Waals surface area contributed by atoms with Gasteiger partial charge in [0, 0.05) is 12.2 Å². The predicted octanol–water partition coefficient (Wildman–Crippen LogP) is 2.23. The van der Waals surface area contributed by atoms with Crippen LogP contribution in [-0.4, -0.2) is 45.9 Å². The lowest BCUT2D eigenvalue weighted by atomic mass is 9.52. The van der Waals surface area contributed by atoms with E-state index in [1.54, 1.807) is 18.3 Å². The first-order valence-corrected chi connectivity index (χ1v) is 10.4. The molecule has 0 radical (unpaired) electrons. The van der Waals surface area contributed by atoms with Crippen molar-refractivity contribution in [1.82, 2.24) is 15.2 Å². The molecular weight excluding hydrogens is 372 g/mol. The van der Waals surface area contributed by atoms with E-state index in [1.165, 1.54) is 4.90 Å². The van der Waals surface area contributed by atoms with Gasteiger partial charge in [0.05, 0.1) is 0 Å². The lowest BCUT2D eigenvalue weighted by Crippen LogP contribution is -2.60. The second-order valence-electron chi connectivity index (χ2n) is 8.64. The average Bonchev–Trinajstić information content (AvgIpc) is 2.92. The second-order valence-corrected chi connectivity index (χ2v) is 8.64. The maximum atomic E-state index is 12.8. The smallest absolute Gasteiger partial charge is 0.325 e. The molecule has 1 aromatic heterocycles. The summed E-state index contributed by atoms with van der Waals surface area (Å²) in [4.78, 5) is 42.3. The highest BCUT2D eigenvalue weighted by molar-refractivity contribution is 6.04. The van der Waals surface area contributed by atoms with Crippen LogP contribution in [0.2, 0.25) is 0 Å². The Morgan fingerprint density at radius 1 is 1.31 bits per heavy atom. The number of amides is 4. The van der Waals surface area contributed by atoms with Gasteiger partial charge in [-0.1, -0.05) is 26.7 Å². The van der Waals surface area contributed by atoms with Crippen LogP contribution in [0.4, 0.5) is 4.79 Å². The molecule has 3 aliphatic rings. The summed E-state index contributed by atoms with van der Waals surface area (Å²) < 4.78 is 5.88. The number of primary amides is 1. The van der Waals surface area contributed by atoms with Gasteiger partial charge in [-0.15, -0.1) is 0 Å². The number of nitrogens with one attached hydrogen (secondary N) is 1. The van der Waals surface area contributed by atoms with Gasteiger partial charge in [0.15, 0.2) is 0 Å². The lowest BCUT2D eigenvalue weighted by molar-refractivity contribution is -0.141. The number of hydrogen-bond donors (Lipinski definition) is 2. The van der Waals surface area contributed by atoms with Gasteiger partial charge >= 0.3 is 6.03 Å². The number of hydrogen-bond acceptors (Lipinski definition) is 5. The number of imide groups is 1. The van der Waals surface area contributed by atoms with Crippen molar-refractivity contribution in [2.45, 2.75) is 70.6 Å². The minimum atomic E-state index is -0.559. The molecule has 3 N–H and O–H groups in total. The number of carbonyl (C=O) groups excluding carboxylic acids is 3. The van der Waals surface area contributed by atoms with Crippen LogP contribution in [-0.2, 0) is 4.79 Å². The van der Waals surface area contributed by atoms with Gasteiger partial charge in [0.1, 0.15) is 17.7 Å². The molecule has 3 fully saturated rings. The SMILES string of the molecule is CCC(CC)C1NC(=O)N(C2CC3(CC(Oc4ncccc4C(N)=O)C3)C2)C1=O. The molecule has 29 heavy (non-hydrogen) atoms. The maximum absolute atomic E-state index is 12.8. The van der Waals surface area contributed by atoms with Crippen molar-refractivity contribution in [3.8, 4) is 5.88 Å². The van der Waals surface area contributed by atoms with Crippen molar-refractivity contribution >= 4 is 17.8 Å². The number of ether oxygens (including phenoxy) is 1. The van der Waals surface area contributed by atoms with Gasteiger partial charge in [0.25, 0.3) is 11.8 Å². The maximum Gasteiger partial charge on any atom is 0.325 e. The molecule has 8 heteroatoms. The molecule has 1 spiro atoms. The van der Waals surface area contributed by atoms with Crippen LogP contribution in [0.1, 0.15) is 62.7 Å². The summed E-state index contributed by atoms with van der Waals surface area (Å²) in [7, 11) is 0. The highest BCUT2D eigenvalue weighted by Gasteiger charge is 2.59. The fourth-order valence-corrected chi connectivity index (χ4v) is 5.21. The molecule has 1 aromatic rings. The Kier molecular flexibility index (Phi) is 4.96. The zero-order valence-corrected chi connectivity index (χ0v) is 16.9. The molecule has 4 amide bonds. The molecule has 8 nitrogen and oxygen atoms in total. The Morgan fingerprint density at radius 3 is 2.62 bits per heavy atom. The Hall–Kier alpha value is -2.64. The average molecular weight is 400 g/mol. The van der Waals surface area contributed by atoms with Crippen LogP contribution in [0.5, 0.6) is 5.88 Å². The number of nitrogens with two attached hydrogens (primary N) is 1. The van der Waals surface area contributed by atoms with Crippen LogP contribution in [0.3, 0.4) is 0 Å². The zero-order valence-electron chi connectivity index (χ0n) is 16.9. The number of rotatable bonds is 7. The monoisotopic (exact) mass is 400 g/mol. The third-order valence-electron chi connectivity index (χ3n) is 6.86. The fraction of sp³-hybridized carbons (Fsp3) is 0.619. The molecule has 4 rings (SSSR count). The largest absolute Gasteiger partial charge is 0.474 e. The quantitative estimate of drug-likeness (QED) is 0.681. The molecule has 156 valence electrons. The van der Waals surface area contributed by atoms with Crippen molar-refractivity contribution in [2.75, 3.05) is 0 Å². The summed E-state index contributed by atoms with van der Waals surface area (Å²) in [6.45, 7) is 4.10. The predicted molar refractivity (Wildman–Crippen MR) is 105 cm³/mol. The van der Waals surface area contributed by atoms with Gasteiger partial charge in [-0.05, 0) is 49.1 Å². The van der Waals surface area contributed by atoms with E-state index in [4.69, 9.17) is 10.5 Å². The first kappa shape index (κ1) is 19.7.